The maximum Gasteiger partial charge on any atom is 0.435 e. The predicted octanol–water partition coefficient (Wildman–Crippen LogP) is 3.86. The molecule has 1 aromatic carbocycles. The number of rotatable bonds is 9. The molecule has 4 N–H and O–H groups in total. The van der Waals surface area contributed by atoms with Crippen molar-refractivity contribution < 1.29 is 31.5 Å². The number of likely N-dealkylation sites (tertiary alicyclic amines) is 1. The third-order valence-electron chi connectivity index (χ3n) is 7.35. The third kappa shape index (κ3) is 6.64. The van der Waals surface area contributed by atoms with Crippen molar-refractivity contribution in [2.24, 2.45) is 5.73 Å². The van der Waals surface area contributed by atoms with E-state index in [0.29, 0.717) is 41.0 Å². The first-order chi connectivity index (χ1) is 20.9. The summed E-state index contributed by atoms with van der Waals surface area (Å²) in [6.07, 6.45) is -0.993. The summed E-state index contributed by atoms with van der Waals surface area (Å²) in [5.41, 5.74) is 5.94. The largest absolute Gasteiger partial charge is 0.435 e. The van der Waals surface area contributed by atoms with Crippen LogP contribution in [0.2, 0.25) is 0 Å². The van der Waals surface area contributed by atoms with Gasteiger partial charge in [-0.15, -0.1) is 0 Å². The number of nitrogens with one attached hydrogen (secondary N) is 2. The average Bonchev–Trinajstić information content (AvgIpc) is 3.60. The highest BCUT2D eigenvalue weighted by atomic mass is 19.4. The molecule has 11 nitrogen and oxygen atoms in total. The Labute approximate surface area is 248 Å². The standard InChI is InChI=1S/C28H30F5N9O2/c1-2-16-11-18(3-4-19(16)27(44)37-13-23(43)40-8-5-17(34)6-9-40)38-25-26-36-12-21(42(26)10-7-35-25)20-14-41(15-22(29)30)39-24(20)28(31,32)33/h3-4,7,10-12,14,17,22H,2,5-6,8-9,13,15,34H2,1H3,(H,35,38)(H,37,44). The zero-order chi connectivity index (χ0) is 31.6. The lowest BCUT2D eigenvalue weighted by Gasteiger charge is -2.30. The molecule has 1 aliphatic rings. The van der Waals surface area contributed by atoms with Crippen LogP contribution in [0.4, 0.5) is 33.5 Å². The molecule has 2 amide bonds. The molecule has 4 aromatic rings. The number of piperidine rings is 1. The van der Waals surface area contributed by atoms with E-state index in [1.807, 2.05) is 6.92 Å². The van der Waals surface area contributed by atoms with Crippen LogP contribution in [0.5, 0.6) is 0 Å². The minimum Gasteiger partial charge on any atom is -0.343 e. The number of aromatic nitrogens is 5. The molecule has 16 heteroatoms. The number of fused-ring (bicyclic) bond motifs is 1. The molecule has 1 saturated heterocycles. The topological polar surface area (TPSA) is 135 Å². The van der Waals surface area contributed by atoms with Crippen LogP contribution in [0, 0.1) is 0 Å². The van der Waals surface area contributed by atoms with Crippen LogP contribution in [0.25, 0.3) is 16.9 Å². The summed E-state index contributed by atoms with van der Waals surface area (Å²) in [4.78, 5) is 35.6. The minimum absolute atomic E-state index is 0.0125. The van der Waals surface area contributed by atoms with Crippen LogP contribution >= 0.6 is 0 Å². The summed E-state index contributed by atoms with van der Waals surface area (Å²) >= 11 is 0. The van der Waals surface area contributed by atoms with Crippen molar-refractivity contribution in [1.82, 2.24) is 34.4 Å². The van der Waals surface area contributed by atoms with Crippen LogP contribution in [-0.2, 0) is 23.9 Å². The van der Waals surface area contributed by atoms with Gasteiger partial charge in [0.25, 0.3) is 12.3 Å². The molecule has 0 aliphatic carbocycles. The fourth-order valence-corrected chi connectivity index (χ4v) is 5.09. The number of hydrogen-bond donors (Lipinski definition) is 3. The Bertz CT molecular complexity index is 1660. The van der Waals surface area contributed by atoms with Gasteiger partial charge in [-0.1, -0.05) is 6.92 Å². The number of hydrogen-bond acceptors (Lipinski definition) is 7. The van der Waals surface area contributed by atoms with Crippen molar-refractivity contribution in [2.75, 3.05) is 25.0 Å². The van der Waals surface area contributed by atoms with Gasteiger partial charge in [0.1, 0.15) is 6.54 Å². The number of carbonyl (C=O) groups is 2. The normalized spacial score (nSPS) is 14.4. The predicted molar refractivity (Wildman–Crippen MR) is 150 cm³/mol. The monoisotopic (exact) mass is 619 g/mol. The van der Waals surface area contributed by atoms with Crippen LogP contribution in [0.3, 0.4) is 0 Å². The quantitative estimate of drug-likeness (QED) is 0.242. The second-order valence-electron chi connectivity index (χ2n) is 10.4. The second kappa shape index (κ2) is 12.6. The van der Waals surface area contributed by atoms with Gasteiger partial charge in [-0.2, -0.15) is 18.3 Å². The van der Waals surface area contributed by atoms with Gasteiger partial charge in [-0.05, 0) is 43.0 Å². The summed E-state index contributed by atoms with van der Waals surface area (Å²) in [5.74, 6) is -0.372. The molecule has 0 unspecified atom stereocenters. The number of imidazole rings is 1. The Morgan fingerprint density at radius 3 is 2.59 bits per heavy atom. The summed E-state index contributed by atoms with van der Waals surface area (Å²) in [5, 5.41) is 9.12. The molecule has 0 bridgehead atoms. The van der Waals surface area contributed by atoms with Crippen molar-refractivity contribution in [3.8, 4) is 11.3 Å². The smallest absolute Gasteiger partial charge is 0.343 e. The Morgan fingerprint density at radius 1 is 1.16 bits per heavy atom. The molecule has 0 atom stereocenters. The first-order valence-corrected chi connectivity index (χ1v) is 13.9. The van der Waals surface area contributed by atoms with E-state index in [9.17, 15) is 31.5 Å². The highest BCUT2D eigenvalue weighted by Crippen LogP contribution is 2.37. The lowest BCUT2D eigenvalue weighted by atomic mass is 10.0. The fourth-order valence-electron chi connectivity index (χ4n) is 5.09. The number of alkyl halides is 5. The minimum atomic E-state index is -4.89. The van der Waals surface area contributed by atoms with E-state index in [1.54, 1.807) is 23.1 Å². The van der Waals surface area contributed by atoms with Crippen molar-refractivity contribution in [3.63, 3.8) is 0 Å². The molecule has 1 fully saturated rings. The van der Waals surface area contributed by atoms with Gasteiger partial charge in [-0.3, -0.25) is 18.7 Å². The summed E-state index contributed by atoms with van der Waals surface area (Å²) in [6.45, 7) is 1.85. The number of nitrogens with zero attached hydrogens (tertiary/aromatic N) is 6. The van der Waals surface area contributed by atoms with Gasteiger partial charge in [0.2, 0.25) is 5.91 Å². The number of aryl methyl sites for hydroxylation is 1. The number of amides is 2. The van der Waals surface area contributed by atoms with Crippen molar-refractivity contribution in [2.45, 2.75) is 51.4 Å². The van der Waals surface area contributed by atoms with E-state index in [4.69, 9.17) is 5.73 Å². The van der Waals surface area contributed by atoms with Gasteiger partial charge in [0.15, 0.2) is 17.2 Å². The van der Waals surface area contributed by atoms with Crippen molar-refractivity contribution in [1.29, 1.82) is 0 Å². The van der Waals surface area contributed by atoms with E-state index in [0.717, 1.165) is 19.0 Å². The second-order valence-corrected chi connectivity index (χ2v) is 10.4. The van der Waals surface area contributed by atoms with Gasteiger partial charge in [0.05, 0.1) is 24.0 Å². The maximum absolute atomic E-state index is 13.7. The summed E-state index contributed by atoms with van der Waals surface area (Å²) in [7, 11) is 0. The Kier molecular flexibility index (Phi) is 8.80. The maximum atomic E-state index is 13.7. The van der Waals surface area contributed by atoms with E-state index >= 15 is 0 Å². The summed E-state index contributed by atoms with van der Waals surface area (Å²) in [6, 6.07) is 5.05. The summed E-state index contributed by atoms with van der Waals surface area (Å²) < 4.78 is 68.9. The number of halogens is 5. The molecule has 44 heavy (non-hydrogen) atoms. The number of anilines is 2. The molecular formula is C28H30F5N9O2. The lowest BCUT2D eigenvalue weighted by molar-refractivity contribution is -0.141. The SMILES string of the molecule is CCc1cc(Nc2nccn3c(-c4cn(CC(F)F)nc4C(F)(F)F)cnc23)ccc1C(=O)NCC(=O)N1CCC(N)CC1. The number of benzene rings is 1. The van der Waals surface area contributed by atoms with Crippen LogP contribution < -0.4 is 16.4 Å². The van der Waals surface area contributed by atoms with Crippen LogP contribution in [-0.4, -0.2) is 73.0 Å². The molecule has 234 valence electrons. The zero-order valence-corrected chi connectivity index (χ0v) is 23.6. The van der Waals surface area contributed by atoms with Gasteiger partial charge < -0.3 is 21.3 Å². The van der Waals surface area contributed by atoms with E-state index in [2.05, 4.69) is 25.7 Å². The van der Waals surface area contributed by atoms with Gasteiger partial charge in [0, 0.05) is 49.0 Å². The molecule has 0 spiro atoms. The Morgan fingerprint density at radius 2 is 1.91 bits per heavy atom. The van der Waals surface area contributed by atoms with Gasteiger partial charge >= 0.3 is 6.18 Å². The van der Waals surface area contributed by atoms with Crippen molar-refractivity contribution in [3.05, 3.63) is 59.8 Å². The molecule has 0 radical (unpaired) electrons. The van der Waals surface area contributed by atoms with Crippen molar-refractivity contribution >= 4 is 29.0 Å². The molecular weight excluding hydrogens is 589 g/mol. The average molecular weight is 620 g/mol. The van der Waals surface area contributed by atoms with E-state index in [-0.39, 0.29) is 35.7 Å². The fraction of sp³-hybridized carbons (Fsp3) is 0.393. The highest BCUT2D eigenvalue weighted by molar-refractivity contribution is 5.98. The lowest BCUT2D eigenvalue weighted by Crippen LogP contribution is -2.46. The Hall–Kier alpha value is -4.60. The zero-order valence-electron chi connectivity index (χ0n) is 23.6. The molecule has 1 aliphatic heterocycles. The van der Waals surface area contributed by atoms with E-state index < -0.39 is 36.3 Å². The highest BCUT2D eigenvalue weighted by Gasteiger charge is 2.38. The van der Waals surface area contributed by atoms with Gasteiger partial charge in [-0.25, -0.2) is 18.7 Å². The first kappa shape index (κ1) is 30.8. The first-order valence-electron chi connectivity index (χ1n) is 13.9. The van der Waals surface area contributed by atoms with Crippen LogP contribution in [0.15, 0.2) is 43.0 Å². The third-order valence-corrected chi connectivity index (χ3v) is 7.35. The van der Waals surface area contributed by atoms with E-state index in [1.165, 1.54) is 23.0 Å². The molecule has 4 heterocycles. The molecule has 5 rings (SSSR count). The molecule has 0 saturated carbocycles. The molecule has 3 aromatic heterocycles. The van der Waals surface area contributed by atoms with Crippen LogP contribution in [0.1, 0.15) is 41.4 Å². The number of carbonyl (C=O) groups excluding carboxylic acids is 2. The Balaban J connectivity index is 1.35. The number of nitrogens with two attached hydrogens (primary N) is 1.